The number of thioether (sulfide) groups is 1. The molecule has 88 valence electrons. The predicted molar refractivity (Wildman–Crippen MR) is 67.5 cm³/mol. The standard InChI is InChI=1S/C13H12O3S/c14-11-6-8-16-13(15)12(11)17-9-7-10-4-2-1-3-5-10/h1-6,8,14H,7,9H2. The second-order valence-corrected chi connectivity index (χ2v) is 4.61. The zero-order valence-corrected chi connectivity index (χ0v) is 9.94. The Morgan fingerprint density at radius 2 is 1.94 bits per heavy atom. The van der Waals surface area contributed by atoms with Crippen LogP contribution in [0.4, 0.5) is 0 Å². The van der Waals surface area contributed by atoms with Crippen LogP contribution in [-0.2, 0) is 6.42 Å². The lowest BCUT2D eigenvalue weighted by atomic mass is 10.2. The van der Waals surface area contributed by atoms with E-state index in [9.17, 15) is 9.90 Å². The maximum Gasteiger partial charge on any atom is 0.353 e. The number of benzene rings is 1. The molecule has 3 nitrogen and oxygen atoms in total. The minimum Gasteiger partial charge on any atom is -0.506 e. The van der Waals surface area contributed by atoms with Crippen LogP contribution in [0.5, 0.6) is 5.75 Å². The minimum absolute atomic E-state index is 0.0145. The van der Waals surface area contributed by atoms with Gasteiger partial charge in [-0.3, -0.25) is 0 Å². The summed E-state index contributed by atoms with van der Waals surface area (Å²) in [6, 6.07) is 11.4. The Balaban J connectivity index is 1.97. The van der Waals surface area contributed by atoms with Gasteiger partial charge >= 0.3 is 5.63 Å². The zero-order valence-electron chi connectivity index (χ0n) is 9.13. The van der Waals surface area contributed by atoms with Gasteiger partial charge in [-0.25, -0.2) is 4.79 Å². The van der Waals surface area contributed by atoms with Crippen molar-refractivity contribution in [2.45, 2.75) is 11.3 Å². The zero-order chi connectivity index (χ0) is 12.1. The summed E-state index contributed by atoms with van der Waals surface area (Å²) in [4.78, 5) is 11.6. The quantitative estimate of drug-likeness (QED) is 0.845. The van der Waals surface area contributed by atoms with Gasteiger partial charge in [0.05, 0.1) is 6.26 Å². The molecule has 1 aromatic carbocycles. The van der Waals surface area contributed by atoms with Crippen molar-refractivity contribution in [3.8, 4) is 5.75 Å². The van der Waals surface area contributed by atoms with Crippen molar-refractivity contribution in [1.82, 2.24) is 0 Å². The van der Waals surface area contributed by atoms with Gasteiger partial charge in [-0.1, -0.05) is 30.3 Å². The van der Waals surface area contributed by atoms with E-state index in [0.29, 0.717) is 0 Å². The summed E-state index contributed by atoms with van der Waals surface area (Å²) in [6.45, 7) is 0. The van der Waals surface area contributed by atoms with Gasteiger partial charge in [0.15, 0.2) is 0 Å². The summed E-state index contributed by atoms with van der Waals surface area (Å²) in [7, 11) is 0. The summed E-state index contributed by atoms with van der Waals surface area (Å²) < 4.78 is 4.71. The van der Waals surface area contributed by atoms with Gasteiger partial charge in [0, 0.05) is 11.8 Å². The van der Waals surface area contributed by atoms with Crippen LogP contribution in [0.3, 0.4) is 0 Å². The Bertz CT molecular complexity index is 534. The van der Waals surface area contributed by atoms with E-state index in [0.717, 1.165) is 12.2 Å². The molecule has 0 aliphatic rings. The molecule has 0 saturated heterocycles. The van der Waals surface area contributed by atoms with Crippen LogP contribution in [0.1, 0.15) is 5.56 Å². The molecule has 0 amide bonds. The fourth-order valence-electron chi connectivity index (χ4n) is 1.44. The third kappa shape index (κ3) is 3.14. The van der Waals surface area contributed by atoms with Crippen molar-refractivity contribution in [1.29, 1.82) is 0 Å². The van der Waals surface area contributed by atoms with Gasteiger partial charge in [-0.05, 0) is 12.0 Å². The van der Waals surface area contributed by atoms with E-state index in [1.807, 2.05) is 30.3 Å². The van der Waals surface area contributed by atoms with Crippen LogP contribution in [0, 0.1) is 0 Å². The molecule has 0 aliphatic carbocycles. The molecular formula is C13H12O3S. The molecule has 0 saturated carbocycles. The van der Waals surface area contributed by atoms with Crippen LogP contribution in [0.2, 0.25) is 0 Å². The lowest BCUT2D eigenvalue weighted by Crippen LogP contribution is -2.02. The average molecular weight is 248 g/mol. The monoisotopic (exact) mass is 248 g/mol. The van der Waals surface area contributed by atoms with E-state index < -0.39 is 5.63 Å². The highest BCUT2D eigenvalue weighted by Crippen LogP contribution is 2.24. The molecule has 0 aliphatic heterocycles. The van der Waals surface area contributed by atoms with E-state index in [4.69, 9.17) is 4.42 Å². The molecule has 0 radical (unpaired) electrons. The largest absolute Gasteiger partial charge is 0.506 e. The van der Waals surface area contributed by atoms with Crippen LogP contribution in [0.25, 0.3) is 0 Å². The molecule has 0 fully saturated rings. The molecular weight excluding hydrogens is 236 g/mol. The van der Waals surface area contributed by atoms with E-state index in [-0.39, 0.29) is 10.6 Å². The Labute approximate surface area is 103 Å². The third-order valence-electron chi connectivity index (χ3n) is 2.30. The summed E-state index contributed by atoms with van der Waals surface area (Å²) in [5.74, 6) is 0.714. The summed E-state index contributed by atoms with van der Waals surface area (Å²) in [6.07, 6.45) is 2.04. The highest BCUT2D eigenvalue weighted by Gasteiger charge is 2.07. The van der Waals surface area contributed by atoms with Crippen molar-refractivity contribution in [3.63, 3.8) is 0 Å². The molecule has 0 bridgehead atoms. The van der Waals surface area contributed by atoms with Crippen molar-refractivity contribution in [2.24, 2.45) is 0 Å². The maximum absolute atomic E-state index is 11.3. The van der Waals surface area contributed by atoms with Crippen LogP contribution >= 0.6 is 11.8 Å². The average Bonchev–Trinajstić information content (AvgIpc) is 2.34. The molecule has 17 heavy (non-hydrogen) atoms. The van der Waals surface area contributed by atoms with E-state index in [1.165, 1.54) is 29.7 Å². The van der Waals surface area contributed by atoms with Crippen molar-refractivity contribution in [3.05, 3.63) is 58.6 Å². The Hall–Kier alpha value is -1.68. The van der Waals surface area contributed by atoms with E-state index >= 15 is 0 Å². The Morgan fingerprint density at radius 1 is 1.18 bits per heavy atom. The fourth-order valence-corrected chi connectivity index (χ4v) is 2.37. The van der Waals surface area contributed by atoms with Crippen molar-refractivity contribution in [2.75, 3.05) is 5.75 Å². The molecule has 0 atom stereocenters. The SMILES string of the molecule is O=c1occc(O)c1SCCc1ccccc1. The molecule has 1 N–H and O–H groups in total. The Kier molecular flexibility index (Phi) is 3.88. The lowest BCUT2D eigenvalue weighted by molar-refractivity contribution is 0.424. The number of hydrogen-bond acceptors (Lipinski definition) is 4. The number of aromatic hydroxyl groups is 1. The first-order valence-corrected chi connectivity index (χ1v) is 6.23. The lowest BCUT2D eigenvalue weighted by Gasteiger charge is -2.02. The van der Waals surface area contributed by atoms with E-state index in [2.05, 4.69) is 0 Å². The van der Waals surface area contributed by atoms with Gasteiger partial charge in [0.2, 0.25) is 0 Å². The van der Waals surface area contributed by atoms with Crippen LogP contribution in [-0.4, -0.2) is 10.9 Å². The molecule has 1 aromatic heterocycles. The first-order valence-electron chi connectivity index (χ1n) is 5.25. The topological polar surface area (TPSA) is 50.4 Å². The molecule has 2 rings (SSSR count). The minimum atomic E-state index is -0.483. The number of rotatable bonds is 4. The first kappa shape index (κ1) is 11.8. The second-order valence-electron chi connectivity index (χ2n) is 3.51. The normalized spacial score (nSPS) is 10.4. The fraction of sp³-hybridized carbons (Fsp3) is 0.154. The summed E-state index contributed by atoms with van der Waals surface area (Å²) in [5.41, 5.74) is 0.725. The highest BCUT2D eigenvalue weighted by molar-refractivity contribution is 7.99. The first-order chi connectivity index (χ1) is 8.27. The van der Waals surface area contributed by atoms with Gasteiger partial charge < -0.3 is 9.52 Å². The van der Waals surface area contributed by atoms with E-state index in [1.54, 1.807) is 0 Å². The summed E-state index contributed by atoms with van der Waals surface area (Å²) >= 11 is 1.31. The van der Waals surface area contributed by atoms with Gasteiger partial charge in [0.25, 0.3) is 0 Å². The van der Waals surface area contributed by atoms with Gasteiger partial charge in [-0.2, -0.15) is 0 Å². The molecule has 4 heteroatoms. The van der Waals surface area contributed by atoms with Crippen molar-refractivity contribution < 1.29 is 9.52 Å². The van der Waals surface area contributed by atoms with Crippen LogP contribution < -0.4 is 5.63 Å². The predicted octanol–water partition coefficient (Wildman–Crippen LogP) is 2.68. The van der Waals surface area contributed by atoms with Crippen LogP contribution in [0.15, 0.2) is 56.8 Å². The number of hydrogen-bond donors (Lipinski definition) is 1. The second kappa shape index (κ2) is 5.59. The van der Waals surface area contributed by atoms with Crippen molar-refractivity contribution >= 4 is 11.8 Å². The summed E-state index contributed by atoms with van der Waals surface area (Å²) in [5, 5.41) is 9.51. The van der Waals surface area contributed by atoms with Gasteiger partial charge in [-0.15, -0.1) is 11.8 Å². The molecule has 0 unspecified atom stereocenters. The number of aryl methyl sites for hydroxylation is 1. The van der Waals surface area contributed by atoms with Gasteiger partial charge in [0.1, 0.15) is 10.6 Å². The highest BCUT2D eigenvalue weighted by atomic mass is 32.2. The maximum atomic E-state index is 11.3. The molecule has 0 spiro atoms. The molecule has 2 aromatic rings. The smallest absolute Gasteiger partial charge is 0.353 e. The third-order valence-corrected chi connectivity index (χ3v) is 3.37. The Morgan fingerprint density at radius 3 is 2.65 bits per heavy atom. The molecule has 1 heterocycles.